The molecule has 0 aliphatic heterocycles. The minimum absolute atomic E-state index is 0.595. The van der Waals surface area contributed by atoms with Crippen molar-refractivity contribution < 1.29 is 0 Å². The molecule has 2 aromatic rings. The Morgan fingerprint density at radius 3 is 2.15 bits per heavy atom. The number of nitrogens with one attached hydrogen (secondary N) is 2. The van der Waals surface area contributed by atoms with Crippen molar-refractivity contribution in [1.82, 2.24) is 5.32 Å². The monoisotopic (exact) mass is 268 g/mol. The van der Waals surface area contributed by atoms with Gasteiger partial charge in [-0.1, -0.05) is 49.4 Å². The molecule has 0 bridgehead atoms. The predicted octanol–water partition coefficient (Wildman–Crippen LogP) is 4.15. The number of hydrogen-bond donors (Lipinski definition) is 2. The maximum atomic E-state index is 3.48. The van der Waals surface area contributed by atoms with Crippen molar-refractivity contribution in [2.75, 3.05) is 18.4 Å². The first kappa shape index (κ1) is 14.6. The van der Waals surface area contributed by atoms with Crippen molar-refractivity contribution >= 4 is 5.69 Å². The summed E-state index contributed by atoms with van der Waals surface area (Å²) in [6.07, 6.45) is 1.17. The van der Waals surface area contributed by atoms with Gasteiger partial charge in [0.2, 0.25) is 0 Å². The molecule has 0 fully saturated rings. The van der Waals surface area contributed by atoms with Crippen molar-refractivity contribution in [3.63, 3.8) is 0 Å². The lowest BCUT2D eigenvalue weighted by Gasteiger charge is -2.12. The summed E-state index contributed by atoms with van der Waals surface area (Å²) in [6, 6.07) is 19.7. The summed E-state index contributed by atoms with van der Waals surface area (Å²) in [5.41, 5.74) is 3.70. The van der Waals surface area contributed by atoms with Gasteiger partial charge in [-0.15, -0.1) is 0 Å². The molecule has 0 radical (unpaired) electrons. The molecule has 0 spiro atoms. The normalized spacial score (nSPS) is 12.1. The van der Waals surface area contributed by atoms with Gasteiger partial charge in [0.1, 0.15) is 0 Å². The molecule has 2 nitrogen and oxygen atoms in total. The van der Waals surface area contributed by atoms with E-state index in [1.54, 1.807) is 0 Å². The zero-order valence-electron chi connectivity index (χ0n) is 12.4. The third-order valence-corrected chi connectivity index (χ3v) is 3.55. The van der Waals surface area contributed by atoms with Crippen LogP contribution in [0.5, 0.6) is 0 Å². The van der Waals surface area contributed by atoms with Gasteiger partial charge >= 0.3 is 0 Å². The summed E-state index contributed by atoms with van der Waals surface area (Å²) < 4.78 is 0. The van der Waals surface area contributed by atoms with Crippen molar-refractivity contribution in [3.8, 4) is 11.1 Å². The predicted molar refractivity (Wildman–Crippen MR) is 88.1 cm³/mol. The highest BCUT2D eigenvalue weighted by atomic mass is 15.0. The highest BCUT2D eigenvalue weighted by Crippen LogP contribution is 2.20. The molecule has 0 aromatic heterocycles. The molecule has 2 rings (SSSR count). The van der Waals surface area contributed by atoms with Gasteiger partial charge in [0.05, 0.1) is 0 Å². The molecule has 0 amide bonds. The summed E-state index contributed by atoms with van der Waals surface area (Å²) in [6.45, 7) is 6.37. The number of anilines is 1. The molecular weight excluding hydrogens is 244 g/mol. The molecule has 2 heteroatoms. The topological polar surface area (TPSA) is 24.1 Å². The Labute approximate surface area is 122 Å². The maximum Gasteiger partial charge on any atom is 0.0341 e. The Morgan fingerprint density at radius 2 is 1.50 bits per heavy atom. The number of benzene rings is 2. The van der Waals surface area contributed by atoms with Crippen molar-refractivity contribution in [1.29, 1.82) is 0 Å². The molecule has 0 aliphatic rings. The fraction of sp³-hybridized carbons (Fsp3) is 0.333. The minimum atomic E-state index is 0.595. The Balaban J connectivity index is 1.83. The average molecular weight is 268 g/mol. The first-order chi connectivity index (χ1) is 9.79. The van der Waals surface area contributed by atoms with E-state index in [0.29, 0.717) is 6.04 Å². The highest BCUT2D eigenvalue weighted by molar-refractivity contribution is 5.65. The van der Waals surface area contributed by atoms with Crippen LogP contribution in [0.15, 0.2) is 54.6 Å². The molecule has 0 heterocycles. The van der Waals surface area contributed by atoms with Gasteiger partial charge in [-0.25, -0.2) is 0 Å². The zero-order chi connectivity index (χ0) is 14.2. The largest absolute Gasteiger partial charge is 0.384 e. The summed E-state index contributed by atoms with van der Waals surface area (Å²) in [7, 11) is 0. The van der Waals surface area contributed by atoms with Gasteiger partial charge in [-0.2, -0.15) is 0 Å². The molecule has 2 aromatic carbocycles. The molecule has 2 N–H and O–H groups in total. The van der Waals surface area contributed by atoms with Crippen LogP contribution in [-0.4, -0.2) is 19.1 Å². The Kier molecular flexibility index (Phi) is 5.63. The Hall–Kier alpha value is -1.80. The van der Waals surface area contributed by atoms with Crippen LogP contribution < -0.4 is 10.6 Å². The summed E-state index contributed by atoms with van der Waals surface area (Å²) in [5, 5.41) is 6.92. The standard InChI is InChI=1S/C18H24N2/c1-3-15(2)19-13-14-20-18-11-9-17(10-12-18)16-7-5-4-6-8-16/h4-12,15,19-20H,3,13-14H2,1-2H3. The molecule has 20 heavy (non-hydrogen) atoms. The van der Waals surface area contributed by atoms with Gasteiger partial charge in [-0.3, -0.25) is 0 Å². The minimum Gasteiger partial charge on any atom is -0.384 e. The number of hydrogen-bond acceptors (Lipinski definition) is 2. The lowest BCUT2D eigenvalue weighted by molar-refractivity contribution is 0.546. The zero-order valence-corrected chi connectivity index (χ0v) is 12.4. The van der Waals surface area contributed by atoms with Gasteiger partial charge in [0, 0.05) is 24.8 Å². The van der Waals surface area contributed by atoms with E-state index >= 15 is 0 Å². The van der Waals surface area contributed by atoms with E-state index in [1.807, 2.05) is 6.07 Å². The molecule has 0 aliphatic carbocycles. The molecule has 1 atom stereocenters. The second-order valence-corrected chi connectivity index (χ2v) is 5.13. The van der Waals surface area contributed by atoms with Crippen LogP contribution in [0, 0.1) is 0 Å². The highest BCUT2D eigenvalue weighted by Gasteiger charge is 1.98. The van der Waals surface area contributed by atoms with E-state index in [9.17, 15) is 0 Å². The molecule has 106 valence electrons. The van der Waals surface area contributed by atoms with Crippen LogP contribution in [0.4, 0.5) is 5.69 Å². The number of rotatable bonds is 7. The van der Waals surface area contributed by atoms with E-state index in [4.69, 9.17) is 0 Å². The summed E-state index contributed by atoms with van der Waals surface area (Å²) in [5.74, 6) is 0. The van der Waals surface area contributed by atoms with Gasteiger partial charge in [0.25, 0.3) is 0 Å². The third kappa shape index (κ3) is 4.39. The summed E-state index contributed by atoms with van der Waals surface area (Å²) in [4.78, 5) is 0. The van der Waals surface area contributed by atoms with Crippen LogP contribution in [0.25, 0.3) is 11.1 Å². The smallest absolute Gasteiger partial charge is 0.0341 e. The van der Waals surface area contributed by atoms with E-state index in [2.05, 4.69) is 73.0 Å². The van der Waals surface area contributed by atoms with Crippen LogP contribution in [-0.2, 0) is 0 Å². The fourth-order valence-corrected chi connectivity index (χ4v) is 2.08. The first-order valence-corrected chi connectivity index (χ1v) is 7.42. The van der Waals surface area contributed by atoms with Crippen LogP contribution in [0.1, 0.15) is 20.3 Å². The van der Waals surface area contributed by atoms with Crippen LogP contribution in [0.3, 0.4) is 0 Å². The Morgan fingerprint density at radius 1 is 0.850 bits per heavy atom. The van der Waals surface area contributed by atoms with Crippen LogP contribution >= 0.6 is 0 Å². The lowest BCUT2D eigenvalue weighted by Crippen LogP contribution is -2.30. The van der Waals surface area contributed by atoms with Gasteiger partial charge < -0.3 is 10.6 Å². The van der Waals surface area contributed by atoms with Crippen molar-refractivity contribution in [2.24, 2.45) is 0 Å². The van der Waals surface area contributed by atoms with Crippen molar-refractivity contribution in [3.05, 3.63) is 54.6 Å². The second kappa shape index (κ2) is 7.71. The van der Waals surface area contributed by atoms with Crippen molar-refractivity contribution in [2.45, 2.75) is 26.3 Å². The van der Waals surface area contributed by atoms with E-state index in [0.717, 1.165) is 13.1 Å². The summed E-state index contributed by atoms with van der Waals surface area (Å²) >= 11 is 0. The quantitative estimate of drug-likeness (QED) is 0.737. The maximum absolute atomic E-state index is 3.48. The Bertz CT molecular complexity index is 491. The fourth-order valence-electron chi connectivity index (χ4n) is 2.08. The molecule has 0 saturated carbocycles. The molecule has 1 unspecified atom stereocenters. The average Bonchev–Trinajstić information content (AvgIpc) is 2.52. The van der Waals surface area contributed by atoms with Gasteiger partial charge in [-0.05, 0) is 36.6 Å². The first-order valence-electron chi connectivity index (χ1n) is 7.42. The van der Waals surface area contributed by atoms with E-state index in [-0.39, 0.29) is 0 Å². The molecular formula is C18H24N2. The molecule has 0 saturated heterocycles. The van der Waals surface area contributed by atoms with Gasteiger partial charge in [0.15, 0.2) is 0 Å². The lowest BCUT2D eigenvalue weighted by atomic mass is 10.1. The second-order valence-electron chi connectivity index (χ2n) is 5.13. The third-order valence-electron chi connectivity index (χ3n) is 3.55. The SMILES string of the molecule is CCC(C)NCCNc1ccc(-c2ccccc2)cc1. The van der Waals surface area contributed by atoms with E-state index < -0.39 is 0 Å². The van der Waals surface area contributed by atoms with Crippen LogP contribution in [0.2, 0.25) is 0 Å². The van der Waals surface area contributed by atoms with E-state index in [1.165, 1.54) is 23.2 Å².